The standard InChI is InChI=1S/C6H8N4O2/c1-10-5(2-7-9-10)4-3-12-6(11)8-4/h2,4H,3H2,1H3,(H,8,11). The maximum atomic E-state index is 10.7. The number of aryl methyl sites for hydroxylation is 1. The first-order valence-corrected chi connectivity index (χ1v) is 3.55. The van der Waals surface area contributed by atoms with E-state index >= 15 is 0 Å². The minimum absolute atomic E-state index is 0.113. The zero-order chi connectivity index (χ0) is 8.55. The van der Waals surface area contributed by atoms with E-state index in [1.54, 1.807) is 17.9 Å². The van der Waals surface area contributed by atoms with Gasteiger partial charge in [-0.1, -0.05) is 5.21 Å². The quantitative estimate of drug-likeness (QED) is 0.619. The molecule has 0 radical (unpaired) electrons. The molecule has 1 N–H and O–H groups in total. The van der Waals surface area contributed by atoms with Crippen molar-refractivity contribution in [2.75, 3.05) is 6.61 Å². The molecule has 1 amide bonds. The lowest BCUT2D eigenvalue weighted by Crippen LogP contribution is -2.20. The first kappa shape index (κ1) is 7.08. The first-order chi connectivity index (χ1) is 5.77. The SMILES string of the molecule is Cn1nncc1C1COC(=O)N1. The predicted molar refractivity (Wildman–Crippen MR) is 38.2 cm³/mol. The fourth-order valence-corrected chi connectivity index (χ4v) is 1.16. The van der Waals surface area contributed by atoms with E-state index in [9.17, 15) is 4.79 Å². The molecule has 0 saturated carbocycles. The molecule has 1 aromatic heterocycles. The number of hydrogen-bond acceptors (Lipinski definition) is 4. The van der Waals surface area contributed by atoms with E-state index in [1.165, 1.54) is 0 Å². The Morgan fingerprint density at radius 3 is 3.17 bits per heavy atom. The van der Waals surface area contributed by atoms with Gasteiger partial charge in [0.15, 0.2) is 0 Å². The van der Waals surface area contributed by atoms with Gasteiger partial charge in [0.1, 0.15) is 12.6 Å². The summed E-state index contributed by atoms with van der Waals surface area (Å²) in [5.41, 5.74) is 0.848. The zero-order valence-electron chi connectivity index (χ0n) is 6.52. The van der Waals surface area contributed by atoms with Gasteiger partial charge in [-0.15, -0.1) is 5.10 Å². The summed E-state index contributed by atoms with van der Waals surface area (Å²) in [7, 11) is 1.77. The number of carbonyl (C=O) groups excluding carboxylic acids is 1. The van der Waals surface area contributed by atoms with Gasteiger partial charge < -0.3 is 10.1 Å². The van der Waals surface area contributed by atoms with Crippen LogP contribution in [0.25, 0.3) is 0 Å². The molecule has 0 aliphatic carbocycles. The molecular weight excluding hydrogens is 160 g/mol. The Labute approximate surface area is 68.5 Å². The van der Waals surface area contributed by atoms with E-state index in [0.717, 1.165) is 5.69 Å². The average molecular weight is 168 g/mol. The van der Waals surface area contributed by atoms with Crippen molar-refractivity contribution < 1.29 is 9.53 Å². The van der Waals surface area contributed by atoms with E-state index in [-0.39, 0.29) is 12.1 Å². The third kappa shape index (κ3) is 1.01. The monoisotopic (exact) mass is 168 g/mol. The number of carbonyl (C=O) groups is 1. The summed E-state index contributed by atoms with van der Waals surface area (Å²) < 4.78 is 6.34. The molecule has 1 saturated heterocycles. The molecule has 64 valence electrons. The third-order valence-electron chi connectivity index (χ3n) is 1.78. The summed E-state index contributed by atoms with van der Waals surface area (Å²) in [6.07, 6.45) is 1.22. The van der Waals surface area contributed by atoms with Gasteiger partial charge in [0.2, 0.25) is 0 Å². The van der Waals surface area contributed by atoms with Crippen molar-refractivity contribution >= 4 is 6.09 Å². The van der Waals surface area contributed by atoms with Gasteiger partial charge in [-0.2, -0.15) is 0 Å². The second-order valence-corrected chi connectivity index (χ2v) is 2.58. The molecule has 0 bridgehead atoms. The highest BCUT2D eigenvalue weighted by Gasteiger charge is 2.26. The molecule has 0 spiro atoms. The van der Waals surface area contributed by atoms with Gasteiger partial charge >= 0.3 is 6.09 Å². The maximum absolute atomic E-state index is 10.7. The van der Waals surface area contributed by atoms with Crippen LogP contribution in [0.4, 0.5) is 4.79 Å². The van der Waals surface area contributed by atoms with Crippen LogP contribution in [0.5, 0.6) is 0 Å². The van der Waals surface area contributed by atoms with Crippen molar-refractivity contribution in [3.05, 3.63) is 11.9 Å². The van der Waals surface area contributed by atoms with Crippen LogP contribution in [-0.4, -0.2) is 27.7 Å². The number of nitrogens with one attached hydrogen (secondary N) is 1. The lowest BCUT2D eigenvalue weighted by Gasteiger charge is -2.04. The Hall–Kier alpha value is -1.59. The highest BCUT2D eigenvalue weighted by Crippen LogP contribution is 2.15. The predicted octanol–water partition coefficient (Wildman–Crippen LogP) is -0.404. The smallest absolute Gasteiger partial charge is 0.407 e. The van der Waals surface area contributed by atoms with Gasteiger partial charge in [0.05, 0.1) is 11.9 Å². The molecule has 1 unspecified atom stereocenters. The molecule has 2 heterocycles. The van der Waals surface area contributed by atoms with Gasteiger partial charge in [-0.25, -0.2) is 4.79 Å². The Balaban J connectivity index is 2.21. The summed E-state index contributed by atoms with van der Waals surface area (Å²) in [6.45, 7) is 0.347. The highest BCUT2D eigenvalue weighted by molar-refractivity contribution is 5.69. The van der Waals surface area contributed by atoms with Crippen LogP contribution in [0.2, 0.25) is 0 Å². The van der Waals surface area contributed by atoms with Crippen molar-refractivity contribution in [2.24, 2.45) is 7.05 Å². The molecule has 1 aromatic rings. The Morgan fingerprint density at radius 1 is 1.83 bits per heavy atom. The second kappa shape index (κ2) is 2.47. The van der Waals surface area contributed by atoms with Crippen LogP contribution in [0.15, 0.2) is 6.20 Å². The van der Waals surface area contributed by atoms with Crippen LogP contribution >= 0.6 is 0 Å². The minimum Gasteiger partial charge on any atom is -0.447 e. The van der Waals surface area contributed by atoms with E-state index in [1.807, 2.05) is 0 Å². The van der Waals surface area contributed by atoms with Crippen LogP contribution in [0.3, 0.4) is 0 Å². The summed E-state index contributed by atoms with van der Waals surface area (Å²) in [5.74, 6) is 0. The largest absolute Gasteiger partial charge is 0.447 e. The average Bonchev–Trinajstić information content (AvgIpc) is 2.58. The molecule has 6 heteroatoms. The molecule has 1 atom stereocenters. The van der Waals surface area contributed by atoms with Gasteiger partial charge in [0.25, 0.3) is 0 Å². The number of nitrogens with zero attached hydrogens (tertiary/aromatic N) is 3. The van der Waals surface area contributed by atoms with Gasteiger partial charge in [-0.3, -0.25) is 4.68 Å². The van der Waals surface area contributed by atoms with Crippen molar-refractivity contribution in [2.45, 2.75) is 6.04 Å². The summed E-state index contributed by atoms with van der Waals surface area (Å²) in [5, 5.41) is 10.1. The number of hydrogen-bond donors (Lipinski definition) is 1. The highest BCUT2D eigenvalue weighted by atomic mass is 16.6. The number of alkyl carbamates (subject to hydrolysis) is 1. The lowest BCUT2D eigenvalue weighted by molar-refractivity contribution is 0.176. The molecule has 6 nitrogen and oxygen atoms in total. The van der Waals surface area contributed by atoms with Gasteiger partial charge in [-0.05, 0) is 0 Å². The van der Waals surface area contributed by atoms with Crippen molar-refractivity contribution in [1.82, 2.24) is 20.3 Å². The number of cyclic esters (lactones) is 1. The molecule has 2 rings (SSSR count). The number of rotatable bonds is 1. The van der Waals surface area contributed by atoms with E-state index in [4.69, 9.17) is 4.74 Å². The molecular formula is C6H8N4O2. The molecule has 12 heavy (non-hydrogen) atoms. The second-order valence-electron chi connectivity index (χ2n) is 2.58. The Kier molecular flexibility index (Phi) is 1.46. The summed E-state index contributed by atoms with van der Waals surface area (Å²) in [6, 6.07) is -0.113. The Morgan fingerprint density at radius 2 is 2.67 bits per heavy atom. The van der Waals surface area contributed by atoms with E-state index < -0.39 is 0 Å². The first-order valence-electron chi connectivity index (χ1n) is 3.55. The van der Waals surface area contributed by atoms with Crippen LogP contribution in [-0.2, 0) is 11.8 Å². The summed E-state index contributed by atoms with van der Waals surface area (Å²) in [4.78, 5) is 10.7. The Bertz CT molecular complexity index is 308. The van der Waals surface area contributed by atoms with Crippen molar-refractivity contribution in [1.29, 1.82) is 0 Å². The van der Waals surface area contributed by atoms with Crippen molar-refractivity contribution in [3.63, 3.8) is 0 Å². The zero-order valence-corrected chi connectivity index (χ0v) is 6.52. The third-order valence-corrected chi connectivity index (χ3v) is 1.78. The molecule has 1 aliphatic heterocycles. The van der Waals surface area contributed by atoms with Gasteiger partial charge in [0, 0.05) is 7.05 Å². The van der Waals surface area contributed by atoms with E-state index in [0.29, 0.717) is 6.61 Å². The fraction of sp³-hybridized carbons (Fsp3) is 0.500. The van der Waals surface area contributed by atoms with Crippen molar-refractivity contribution in [3.8, 4) is 0 Å². The number of ether oxygens (including phenoxy) is 1. The van der Waals surface area contributed by atoms with E-state index in [2.05, 4.69) is 15.6 Å². The van der Waals surface area contributed by atoms with Crippen LogP contribution < -0.4 is 5.32 Å². The molecule has 0 aromatic carbocycles. The number of amides is 1. The minimum atomic E-state index is -0.388. The molecule has 1 aliphatic rings. The normalized spacial score (nSPS) is 22.1. The summed E-state index contributed by atoms with van der Waals surface area (Å²) >= 11 is 0. The lowest BCUT2D eigenvalue weighted by atomic mass is 10.2. The number of aromatic nitrogens is 3. The maximum Gasteiger partial charge on any atom is 0.407 e. The van der Waals surface area contributed by atoms with Crippen LogP contribution in [0.1, 0.15) is 11.7 Å². The topological polar surface area (TPSA) is 69.0 Å². The van der Waals surface area contributed by atoms with Crippen LogP contribution in [0, 0.1) is 0 Å². The fourth-order valence-electron chi connectivity index (χ4n) is 1.16. The molecule has 1 fully saturated rings.